The first-order valence-corrected chi connectivity index (χ1v) is 10.8. The van der Waals surface area contributed by atoms with Gasteiger partial charge in [0, 0.05) is 31.5 Å². The number of hydrogen-bond acceptors (Lipinski definition) is 6. The Morgan fingerprint density at radius 3 is 2.75 bits per heavy atom. The summed E-state index contributed by atoms with van der Waals surface area (Å²) in [4.78, 5) is 6.17. The summed E-state index contributed by atoms with van der Waals surface area (Å²) in [5.74, 6) is 1.58. The van der Waals surface area contributed by atoms with E-state index >= 15 is 0 Å². The van der Waals surface area contributed by atoms with Crippen LogP contribution in [-0.4, -0.2) is 42.5 Å². The van der Waals surface area contributed by atoms with E-state index in [0.29, 0.717) is 36.8 Å². The van der Waals surface area contributed by atoms with Crippen molar-refractivity contribution in [2.45, 2.75) is 25.9 Å². The predicted molar refractivity (Wildman–Crippen MR) is 120 cm³/mol. The lowest BCUT2D eigenvalue weighted by Gasteiger charge is -2.23. The van der Waals surface area contributed by atoms with Gasteiger partial charge in [-0.3, -0.25) is 0 Å². The Morgan fingerprint density at radius 1 is 1.12 bits per heavy atom. The number of hydrogen-bond donors (Lipinski definition) is 1. The standard InChI is InChI=1S/C25H27FN2O4/c1-2-30-23-7-3-4-8-24(23)31-19-9-10-22(18(16-19)12-15-29)28-14-11-20(17-28)32-25-21(26)6-5-13-27-25/h3-10,13,16,20,29H,2,11-12,14-15,17H2,1H3/t20-/m0/s1. The summed E-state index contributed by atoms with van der Waals surface area (Å²) in [6.45, 7) is 3.89. The van der Waals surface area contributed by atoms with Crippen LogP contribution in [0.4, 0.5) is 10.1 Å². The van der Waals surface area contributed by atoms with Gasteiger partial charge in [-0.25, -0.2) is 9.37 Å². The molecule has 1 N–H and O–H groups in total. The summed E-state index contributed by atoms with van der Waals surface area (Å²) < 4.78 is 31.4. The number of aliphatic hydroxyl groups is 1. The molecule has 2 heterocycles. The maximum absolute atomic E-state index is 13.9. The van der Waals surface area contributed by atoms with Crippen molar-refractivity contribution in [3.8, 4) is 23.1 Å². The zero-order chi connectivity index (χ0) is 22.3. The topological polar surface area (TPSA) is 64.1 Å². The first-order chi connectivity index (χ1) is 15.7. The predicted octanol–water partition coefficient (Wildman–Crippen LogP) is 4.60. The van der Waals surface area contributed by atoms with Crippen molar-refractivity contribution >= 4 is 5.69 Å². The third-order valence-corrected chi connectivity index (χ3v) is 5.30. The van der Waals surface area contributed by atoms with Crippen LogP contribution in [0.1, 0.15) is 18.9 Å². The number of anilines is 1. The van der Waals surface area contributed by atoms with Gasteiger partial charge in [-0.15, -0.1) is 0 Å². The van der Waals surface area contributed by atoms with Crippen molar-refractivity contribution < 1.29 is 23.7 Å². The molecule has 6 nitrogen and oxygen atoms in total. The molecule has 1 aliphatic heterocycles. The summed E-state index contributed by atoms with van der Waals surface area (Å²) in [7, 11) is 0. The molecular formula is C25H27FN2O4. The molecular weight excluding hydrogens is 411 g/mol. The second-order valence-electron chi connectivity index (χ2n) is 7.51. The third-order valence-electron chi connectivity index (χ3n) is 5.30. The number of halogens is 1. The van der Waals surface area contributed by atoms with E-state index in [-0.39, 0.29) is 18.6 Å². The lowest BCUT2D eigenvalue weighted by molar-refractivity contribution is 0.205. The van der Waals surface area contributed by atoms with Crippen LogP contribution in [0.5, 0.6) is 23.1 Å². The van der Waals surface area contributed by atoms with Crippen molar-refractivity contribution in [1.29, 1.82) is 0 Å². The average Bonchev–Trinajstić information content (AvgIpc) is 3.26. The molecule has 0 aliphatic carbocycles. The molecule has 1 aromatic heterocycles. The molecule has 7 heteroatoms. The van der Waals surface area contributed by atoms with E-state index in [1.165, 1.54) is 12.3 Å². The fraction of sp³-hybridized carbons (Fsp3) is 0.320. The Balaban J connectivity index is 1.49. The molecule has 0 unspecified atom stereocenters. The fourth-order valence-corrected chi connectivity index (χ4v) is 3.85. The highest BCUT2D eigenvalue weighted by molar-refractivity contribution is 5.58. The molecule has 0 bridgehead atoms. The molecule has 1 saturated heterocycles. The van der Waals surface area contributed by atoms with Crippen molar-refractivity contribution in [1.82, 2.24) is 4.98 Å². The Labute approximate surface area is 187 Å². The molecule has 1 atom stereocenters. The van der Waals surface area contributed by atoms with E-state index < -0.39 is 5.82 Å². The van der Waals surface area contributed by atoms with Gasteiger partial charge < -0.3 is 24.2 Å². The van der Waals surface area contributed by atoms with E-state index in [2.05, 4.69) is 9.88 Å². The van der Waals surface area contributed by atoms with Crippen molar-refractivity contribution in [2.24, 2.45) is 0 Å². The number of aromatic nitrogens is 1. The zero-order valence-electron chi connectivity index (χ0n) is 18.0. The zero-order valence-corrected chi connectivity index (χ0v) is 18.0. The van der Waals surface area contributed by atoms with Crippen LogP contribution in [-0.2, 0) is 6.42 Å². The third kappa shape index (κ3) is 5.11. The van der Waals surface area contributed by atoms with Crippen LogP contribution in [0.15, 0.2) is 60.8 Å². The lowest BCUT2D eigenvalue weighted by Crippen LogP contribution is -2.26. The Kier molecular flexibility index (Phi) is 7.07. The normalized spacial score (nSPS) is 15.6. The van der Waals surface area contributed by atoms with Gasteiger partial charge in [0.25, 0.3) is 5.88 Å². The number of rotatable bonds is 9. The van der Waals surface area contributed by atoms with Crippen LogP contribution in [0.25, 0.3) is 0 Å². The first kappa shape index (κ1) is 21.9. The summed E-state index contributed by atoms with van der Waals surface area (Å²) in [6, 6.07) is 16.3. The smallest absolute Gasteiger partial charge is 0.250 e. The fourth-order valence-electron chi connectivity index (χ4n) is 3.85. The van der Waals surface area contributed by atoms with Crippen LogP contribution >= 0.6 is 0 Å². The minimum atomic E-state index is -0.458. The molecule has 0 radical (unpaired) electrons. The van der Waals surface area contributed by atoms with Gasteiger partial charge in [-0.2, -0.15) is 0 Å². The molecule has 2 aromatic carbocycles. The molecule has 0 saturated carbocycles. The van der Waals surface area contributed by atoms with Crippen LogP contribution in [0.2, 0.25) is 0 Å². The van der Waals surface area contributed by atoms with E-state index in [9.17, 15) is 9.50 Å². The number of nitrogens with zero attached hydrogens (tertiary/aromatic N) is 2. The average molecular weight is 438 g/mol. The van der Waals surface area contributed by atoms with Gasteiger partial charge >= 0.3 is 0 Å². The number of benzene rings is 2. The Bertz CT molecular complexity index is 1050. The SMILES string of the molecule is CCOc1ccccc1Oc1ccc(N2CC[C@H](Oc3ncccc3F)C2)c(CCO)c1. The Hall–Kier alpha value is -3.32. The van der Waals surface area contributed by atoms with E-state index in [4.69, 9.17) is 14.2 Å². The second-order valence-corrected chi connectivity index (χ2v) is 7.51. The molecule has 1 aliphatic rings. The molecule has 0 spiro atoms. The highest BCUT2D eigenvalue weighted by atomic mass is 19.1. The number of para-hydroxylation sites is 2. The quantitative estimate of drug-likeness (QED) is 0.527. The lowest BCUT2D eigenvalue weighted by atomic mass is 10.1. The van der Waals surface area contributed by atoms with E-state index in [0.717, 1.165) is 24.2 Å². The van der Waals surface area contributed by atoms with Crippen LogP contribution in [0, 0.1) is 5.82 Å². The molecule has 1 fully saturated rings. The number of ether oxygens (including phenoxy) is 3. The minimum absolute atomic E-state index is 0.0267. The van der Waals surface area contributed by atoms with E-state index in [1.54, 1.807) is 6.07 Å². The largest absolute Gasteiger partial charge is 0.490 e. The molecule has 3 aromatic rings. The van der Waals surface area contributed by atoms with Gasteiger partial charge in [0.05, 0.1) is 13.2 Å². The summed E-state index contributed by atoms with van der Waals surface area (Å²) in [6.07, 6.45) is 2.62. The van der Waals surface area contributed by atoms with Crippen molar-refractivity contribution in [3.05, 3.63) is 72.2 Å². The van der Waals surface area contributed by atoms with Gasteiger partial charge in [-0.1, -0.05) is 12.1 Å². The highest BCUT2D eigenvalue weighted by Crippen LogP contribution is 2.35. The van der Waals surface area contributed by atoms with Gasteiger partial charge in [0.15, 0.2) is 17.3 Å². The molecule has 0 amide bonds. The molecule has 32 heavy (non-hydrogen) atoms. The number of aliphatic hydroxyl groups excluding tert-OH is 1. The van der Waals surface area contributed by atoms with Gasteiger partial charge in [-0.05, 0) is 61.4 Å². The summed E-state index contributed by atoms with van der Waals surface area (Å²) in [5, 5.41) is 9.61. The molecule has 4 rings (SSSR count). The molecule has 168 valence electrons. The van der Waals surface area contributed by atoms with Gasteiger partial charge in [0.1, 0.15) is 11.9 Å². The highest BCUT2D eigenvalue weighted by Gasteiger charge is 2.27. The second kappa shape index (κ2) is 10.3. The van der Waals surface area contributed by atoms with Gasteiger partial charge in [0.2, 0.25) is 0 Å². The van der Waals surface area contributed by atoms with Crippen LogP contribution in [0.3, 0.4) is 0 Å². The summed E-state index contributed by atoms with van der Waals surface area (Å²) >= 11 is 0. The van der Waals surface area contributed by atoms with E-state index in [1.807, 2.05) is 49.4 Å². The maximum Gasteiger partial charge on any atom is 0.250 e. The van der Waals surface area contributed by atoms with Crippen molar-refractivity contribution in [3.63, 3.8) is 0 Å². The summed E-state index contributed by atoms with van der Waals surface area (Å²) in [5.41, 5.74) is 1.99. The van der Waals surface area contributed by atoms with Crippen molar-refractivity contribution in [2.75, 3.05) is 31.2 Å². The number of pyridine rings is 1. The monoisotopic (exact) mass is 438 g/mol. The Morgan fingerprint density at radius 2 is 1.97 bits per heavy atom. The minimum Gasteiger partial charge on any atom is -0.490 e. The maximum atomic E-state index is 13.9. The first-order valence-electron chi connectivity index (χ1n) is 10.8. The van der Waals surface area contributed by atoms with Crippen LogP contribution < -0.4 is 19.1 Å².